The standard InChI is InChI=1S/C16H22N2O/c19-16(11-18-14-5-1-2-6-14)13-7-8-15-12(10-13)4-3-9-17-15/h7-8,10,14,17-18H,1-6,9,11H2. The summed E-state index contributed by atoms with van der Waals surface area (Å²) in [6.45, 7) is 1.53. The molecule has 3 nitrogen and oxygen atoms in total. The first kappa shape index (κ1) is 12.7. The van der Waals surface area contributed by atoms with E-state index in [4.69, 9.17) is 0 Å². The lowest BCUT2D eigenvalue weighted by Gasteiger charge is -2.18. The second kappa shape index (κ2) is 5.74. The van der Waals surface area contributed by atoms with E-state index in [0.717, 1.165) is 24.9 Å². The van der Waals surface area contributed by atoms with E-state index in [-0.39, 0.29) is 5.78 Å². The second-order valence-corrected chi connectivity index (χ2v) is 5.69. The Labute approximate surface area is 114 Å². The number of hydrogen-bond acceptors (Lipinski definition) is 3. The van der Waals surface area contributed by atoms with Crippen LogP contribution < -0.4 is 10.6 Å². The van der Waals surface area contributed by atoms with E-state index in [2.05, 4.69) is 22.8 Å². The van der Waals surface area contributed by atoms with E-state index in [9.17, 15) is 4.79 Å². The highest BCUT2D eigenvalue weighted by Gasteiger charge is 2.17. The first-order chi connectivity index (χ1) is 9.33. The lowest BCUT2D eigenvalue weighted by Crippen LogP contribution is -2.31. The summed E-state index contributed by atoms with van der Waals surface area (Å²) in [7, 11) is 0. The van der Waals surface area contributed by atoms with Gasteiger partial charge in [-0.25, -0.2) is 0 Å². The SMILES string of the molecule is O=C(CNC1CCCC1)c1ccc2c(c1)CCCN2. The monoisotopic (exact) mass is 258 g/mol. The Morgan fingerprint density at radius 2 is 2.11 bits per heavy atom. The third-order valence-electron chi connectivity index (χ3n) is 4.27. The Balaban J connectivity index is 1.62. The number of aryl methyl sites for hydroxylation is 1. The highest BCUT2D eigenvalue weighted by Crippen LogP contribution is 2.23. The van der Waals surface area contributed by atoms with E-state index in [1.165, 1.54) is 36.9 Å². The zero-order chi connectivity index (χ0) is 13.1. The molecule has 0 unspecified atom stereocenters. The molecule has 0 spiro atoms. The van der Waals surface area contributed by atoms with Crippen molar-refractivity contribution in [3.63, 3.8) is 0 Å². The van der Waals surface area contributed by atoms with Gasteiger partial charge >= 0.3 is 0 Å². The van der Waals surface area contributed by atoms with Crippen molar-refractivity contribution < 1.29 is 4.79 Å². The molecule has 102 valence electrons. The molecular formula is C16H22N2O. The maximum absolute atomic E-state index is 12.2. The minimum Gasteiger partial charge on any atom is -0.385 e. The van der Waals surface area contributed by atoms with E-state index in [0.29, 0.717) is 12.6 Å². The van der Waals surface area contributed by atoms with Gasteiger partial charge in [-0.15, -0.1) is 0 Å². The van der Waals surface area contributed by atoms with Crippen LogP contribution in [0, 0.1) is 0 Å². The fourth-order valence-corrected chi connectivity index (χ4v) is 3.12. The average Bonchev–Trinajstić information content (AvgIpc) is 2.97. The highest BCUT2D eigenvalue weighted by atomic mass is 16.1. The molecule has 2 N–H and O–H groups in total. The number of benzene rings is 1. The van der Waals surface area contributed by atoms with Gasteiger partial charge < -0.3 is 10.6 Å². The first-order valence-electron chi connectivity index (χ1n) is 7.46. The maximum Gasteiger partial charge on any atom is 0.176 e. The number of hydrogen-bond donors (Lipinski definition) is 2. The predicted octanol–water partition coefficient (Wildman–Crippen LogP) is 2.76. The van der Waals surface area contributed by atoms with Crippen molar-refractivity contribution >= 4 is 11.5 Å². The zero-order valence-corrected chi connectivity index (χ0v) is 11.4. The van der Waals surface area contributed by atoms with Crippen LogP contribution in [0.15, 0.2) is 18.2 Å². The molecule has 1 saturated carbocycles. The van der Waals surface area contributed by atoms with Crippen molar-refractivity contribution in [3.05, 3.63) is 29.3 Å². The second-order valence-electron chi connectivity index (χ2n) is 5.69. The molecule has 3 rings (SSSR count). The molecule has 19 heavy (non-hydrogen) atoms. The summed E-state index contributed by atoms with van der Waals surface area (Å²) in [4.78, 5) is 12.2. The van der Waals surface area contributed by atoms with Crippen LogP contribution in [0.25, 0.3) is 0 Å². The summed E-state index contributed by atoms with van der Waals surface area (Å²) in [5.41, 5.74) is 3.34. The summed E-state index contributed by atoms with van der Waals surface area (Å²) in [5.74, 6) is 0.222. The molecule has 1 fully saturated rings. The van der Waals surface area contributed by atoms with Gasteiger partial charge in [0.2, 0.25) is 0 Å². The summed E-state index contributed by atoms with van der Waals surface area (Å²) in [5, 5.41) is 6.77. The number of carbonyl (C=O) groups excluding carboxylic acids is 1. The Morgan fingerprint density at radius 3 is 2.95 bits per heavy atom. The fraction of sp³-hybridized carbons (Fsp3) is 0.562. The quantitative estimate of drug-likeness (QED) is 0.816. The van der Waals surface area contributed by atoms with Crippen LogP contribution in [0.2, 0.25) is 0 Å². The summed E-state index contributed by atoms with van der Waals surface area (Å²) in [6, 6.07) is 6.64. The van der Waals surface area contributed by atoms with Crippen LogP contribution in [-0.2, 0) is 6.42 Å². The van der Waals surface area contributed by atoms with Gasteiger partial charge in [0.1, 0.15) is 0 Å². The van der Waals surface area contributed by atoms with Gasteiger partial charge in [0.25, 0.3) is 0 Å². The predicted molar refractivity (Wildman–Crippen MR) is 77.8 cm³/mol. The number of nitrogens with one attached hydrogen (secondary N) is 2. The van der Waals surface area contributed by atoms with Gasteiger partial charge in [0.05, 0.1) is 6.54 Å². The van der Waals surface area contributed by atoms with Crippen molar-refractivity contribution in [1.29, 1.82) is 0 Å². The van der Waals surface area contributed by atoms with E-state index < -0.39 is 0 Å². The molecule has 3 heteroatoms. The Morgan fingerprint density at radius 1 is 1.26 bits per heavy atom. The van der Waals surface area contributed by atoms with Crippen LogP contribution >= 0.6 is 0 Å². The molecule has 0 atom stereocenters. The number of Topliss-reactive ketones (excluding diaryl/α,β-unsaturated/α-hetero) is 1. The molecule has 1 aromatic rings. The number of ketones is 1. The fourth-order valence-electron chi connectivity index (χ4n) is 3.12. The van der Waals surface area contributed by atoms with Crippen molar-refractivity contribution in [1.82, 2.24) is 5.32 Å². The van der Waals surface area contributed by atoms with Crippen molar-refractivity contribution in [2.45, 2.75) is 44.6 Å². The molecule has 0 radical (unpaired) electrons. The molecule has 0 amide bonds. The third kappa shape index (κ3) is 2.98. The van der Waals surface area contributed by atoms with Gasteiger partial charge in [-0.1, -0.05) is 12.8 Å². The van der Waals surface area contributed by atoms with Gasteiger partial charge in [-0.2, -0.15) is 0 Å². The molecule has 1 aromatic carbocycles. The van der Waals surface area contributed by atoms with Crippen LogP contribution in [0.1, 0.15) is 48.0 Å². The summed E-state index contributed by atoms with van der Waals surface area (Å²) >= 11 is 0. The molecule has 0 aromatic heterocycles. The average molecular weight is 258 g/mol. The molecule has 2 aliphatic rings. The van der Waals surface area contributed by atoms with E-state index in [1.54, 1.807) is 0 Å². The van der Waals surface area contributed by atoms with Crippen molar-refractivity contribution in [3.8, 4) is 0 Å². The van der Waals surface area contributed by atoms with E-state index in [1.807, 2.05) is 6.07 Å². The van der Waals surface area contributed by atoms with Crippen LogP contribution in [0.4, 0.5) is 5.69 Å². The smallest absolute Gasteiger partial charge is 0.176 e. The lowest BCUT2D eigenvalue weighted by molar-refractivity contribution is 0.0987. The number of fused-ring (bicyclic) bond motifs is 1. The van der Waals surface area contributed by atoms with Crippen LogP contribution in [-0.4, -0.2) is 24.9 Å². The minimum atomic E-state index is 0.222. The molecule has 0 saturated heterocycles. The zero-order valence-electron chi connectivity index (χ0n) is 11.4. The highest BCUT2D eigenvalue weighted by molar-refractivity contribution is 5.98. The minimum absolute atomic E-state index is 0.222. The van der Waals surface area contributed by atoms with Gasteiger partial charge in [-0.3, -0.25) is 4.79 Å². The number of anilines is 1. The largest absolute Gasteiger partial charge is 0.385 e. The Hall–Kier alpha value is -1.35. The molecular weight excluding hydrogens is 236 g/mol. The first-order valence-corrected chi connectivity index (χ1v) is 7.46. The Kier molecular flexibility index (Phi) is 3.83. The van der Waals surface area contributed by atoms with Crippen molar-refractivity contribution in [2.75, 3.05) is 18.4 Å². The maximum atomic E-state index is 12.2. The Bertz CT molecular complexity index is 464. The third-order valence-corrected chi connectivity index (χ3v) is 4.27. The van der Waals surface area contributed by atoms with Gasteiger partial charge in [0, 0.05) is 23.8 Å². The van der Waals surface area contributed by atoms with E-state index >= 15 is 0 Å². The van der Waals surface area contributed by atoms with Crippen LogP contribution in [0.5, 0.6) is 0 Å². The lowest BCUT2D eigenvalue weighted by atomic mass is 9.99. The van der Waals surface area contributed by atoms with Crippen LogP contribution in [0.3, 0.4) is 0 Å². The molecule has 1 aliphatic heterocycles. The van der Waals surface area contributed by atoms with Gasteiger partial charge in [0.15, 0.2) is 5.78 Å². The van der Waals surface area contributed by atoms with Gasteiger partial charge in [-0.05, 0) is 49.4 Å². The molecule has 0 bridgehead atoms. The summed E-state index contributed by atoms with van der Waals surface area (Å²) < 4.78 is 0. The number of rotatable bonds is 4. The number of carbonyl (C=O) groups is 1. The molecule has 1 aliphatic carbocycles. The molecule has 1 heterocycles. The normalized spacial score (nSPS) is 18.9. The topological polar surface area (TPSA) is 41.1 Å². The van der Waals surface area contributed by atoms with Crippen molar-refractivity contribution in [2.24, 2.45) is 0 Å². The summed E-state index contributed by atoms with van der Waals surface area (Å²) in [6.07, 6.45) is 7.29.